The first kappa shape index (κ1) is 31.6. The van der Waals surface area contributed by atoms with Gasteiger partial charge in [0.2, 0.25) is 5.91 Å². The highest BCUT2D eigenvalue weighted by Crippen LogP contribution is 2.72. The highest BCUT2D eigenvalue weighted by molar-refractivity contribution is 8.02. The molecule has 224 valence electrons. The lowest BCUT2D eigenvalue weighted by atomic mass is 9.66. The second-order valence-corrected chi connectivity index (χ2v) is 14.1. The van der Waals surface area contributed by atoms with E-state index in [0.29, 0.717) is 23.6 Å². The number of thioether (sulfide) groups is 1. The molecule has 1 aromatic rings. The van der Waals surface area contributed by atoms with Gasteiger partial charge in [0.25, 0.3) is 5.91 Å². The second-order valence-electron chi connectivity index (χ2n) is 11.7. The minimum absolute atomic E-state index is 0.0595. The van der Waals surface area contributed by atoms with Crippen LogP contribution in [0.2, 0.25) is 5.02 Å². The third-order valence-electron chi connectivity index (χ3n) is 9.32. The van der Waals surface area contributed by atoms with E-state index in [0.717, 1.165) is 25.7 Å². The molecule has 3 aliphatic rings. The number of halogens is 1. The van der Waals surface area contributed by atoms with Gasteiger partial charge in [-0.15, -0.1) is 24.9 Å². The Balaban J connectivity index is 1.78. The molecule has 0 saturated carbocycles. The first-order valence-corrected chi connectivity index (χ1v) is 15.9. The number of nitrogens with zero attached hydrogens (tertiary/aromatic N) is 2. The molecule has 0 aromatic heterocycles. The Bertz CT molecular complexity index is 1180. The maximum absolute atomic E-state index is 14.8. The largest absolute Gasteiger partial charge is 0.465 e. The van der Waals surface area contributed by atoms with Crippen LogP contribution in [0.3, 0.4) is 0 Å². The highest BCUT2D eigenvalue weighted by atomic mass is 35.5. The molecule has 3 fully saturated rings. The van der Waals surface area contributed by atoms with Gasteiger partial charge < -0.3 is 19.6 Å². The van der Waals surface area contributed by atoms with Crippen molar-refractivity contribution in [3.8, 4) is 0 Å². The Morgan fingerprint density at radius 2 is 2.00 bits per heavy atom. The number of fused-ring (bicyclic) bond motifs is 1. The molecule has 1 N–H and O–H groups in total. The third kappa shape index (κ3) is 5.48. The Morgan fingerprint density at radius 3 is 2.63 bits per heavy atom. The summed E-state index contributed by atoms with van der Waals surface area (Å²) in [6, 6.07) is 5.69. The minimum Gasteiger partial charge on any atom is -0.465 e. The normalized spacial score (nSPS) is 29.6. The van der Waals surface area contributed by atoms with E-state index < -0.39 is 33.4 Å². The summed E-state index contributed by atoms with van der Waals surface area (Å²) in [5.41, 5.74) is 0.537. The molecule has 9 heteroatoms. The van der Waals surface area contributed by atoms with Crippen LogP contribution in [0.25, 0.3) is 0 Å². The van der Waals surface area contributed by atoms with E-state index >= 15 is 0 Å². The zero-order chi connectivity index (χ0) is 29.9. The number of ether oxygens (including phenoxy) is 1. The van der Waals surface area contributed by atoms with Crippen molar-refractivity contribution in [2.45, 2.75) is 80.9 Å². The van der Waals surface area contributed by atoms with Crippen LogP contribution in [-0.2, 0) is 19.1 Å². The van der Waals surface area contributed by atoms with Crippen molar-refractivity contribution in [1.82, 2.24) is 4.90 Å². The highest BCUT2D eigenvalue weighted by Gasteiger charge is 2.78. The summed E-state index contributed by atoms with van der Waals surface area (Å²) in [6.07, 6.45) is 7.95. The average Bonchev–Trinajstić information content (AvgIpc) is 3.53. The van der Waals surface area contributed by atoms with E-state index in [4.69, 9.17) is 16.3 Å². The van der Waals surface area contributed by atoms with Gasteiger partial charge in [0, 0.05) is 11.3 Å². The zero-order valence-electron chi connectivity index (χ0n) is 24.4. The van der Waals surface area contributed by atoms with Crippen molar-refractivity contribution in [3.63, 3.8) is 0 Å². The van der Waals surface area contributed by atoms with Gasteiger partial charge in [0.1, 0.15) is 6.04 Å². The van der Waals surface area contributed by atoms with Gasteiger partial charge in [0.15, 0.2) is 0 Å². The lowest BCUT2D eigenvalue weighted by Crippen LogP contribution is -2.58. The number of hydrogen-bond acceptors (Lipinski definition) is 6. The molecule has 0 aliphatic carbocycles. The summed E-state index contributed by atoms with van der Waals surface area (Å²) in [7, 11) is 0. The van der Waals surface area contributed by atoms with Crippen LogP contribution in [0.1, 0.15) is 59.3 Å². The van der Waals surface area contributed by atoms with E-state index in [1.807, 2.05) is 32.9 Å². The number of aliphatic hydroxyl groups excluding tert-OH is 1. The maximum Gasteiger partial charge on any atom is 0.311 e. The van der Waals surface area contributed by atoms with Crippen molar-refractivity contribution < 1.29 is 24.2 Å². The fourth-order valence-electron chi connectivity index (χ4n) is 7.08. The molecular formula is C32H43ClN2O5S. The molecule has 2 unspecified atom stereocenters. The third-order valence-corrected chi connectivity index (χ3v) is 11.6. The van der Waals surface area contributed by atoms with Gasteiger partial charge in [0.05, 0.1) is 46.5 Å². The number of para-hydroxylation sites is 1. The molecule has 3 heterocycles. The first-order valence-electron chi connectivity index (χ1n) is 14.7. The van der Waals surface area contributed by atoms with Gasteiger partial charge in [-0.05, 0) is 57.1 Å². The maximum atomic E-state index is 14.8. The van der Waals surface area contributed by atoms with Crippen molar-refractivity contribution in [2.24, 2.45) is 17.8 Å². The van der Waals surface area contributed by atoms with Crippen LogP contribution in [0.5, 0.6) is 0 Å². The summed E-state index contributed by atoms with van der Waals surface area (Å²) in [6.45, 7) is 13.8. The van der Waals surface area contributed by atoms with Gasteiger partial charge in [-0.1, -0.05) is 56.2 Å². The molecule has 3 aliphatic heterocycles. The average molecular weight is 603 g/mol. The van der Waals surface area contributed by atoms with Gasteiger partial charge >= 0.3 is 5.97 Å². The number of aliphatic hydroxyl groups is 1. The topological polar surface area (TPSA) is 87.1 Å². The van der Waals surface area contributed by atoms with Crippen LogP contribution >= 0.6 is 23.4 Å². The van der Waals surface area contributed by atoms with Crippen LogP contribution < -0.4 is 4.90 Å². The molecule has 41 heavy (non-hydrogen) atoms. The zero-order valence-corrected chi connectivity index (χ0v) is 26.0. The standard InChI is InChI=1S/C32H43ClN2O5S/c1-6-9-10-13-19-40-30(39)26-25-28(37)35(24(20-36)21(4)8-3)27(32(25)17-16-31(26,5)41-32)29(38)34(18-7-2)23-15-12-11-14-22(23)33/h6-7,11-12,14-15,21,24-27,36H,1-2,8-10,13,16-20H2,3-5H3/t21-,24-,25-,26-,27?,31+,32?/m0/s1. The summed E-state index contributed by atoms with van der Waals surface area (Å²) in [5, 5.41) is 11.0. The molecule has 0 radical (unpaired) electrons. The molecule has 4 rings (SSSR count). The number of anilines is 1. The monoisotopic (exact) mass is 602 g/mol. The molecule has 3 saturated heterocycles. The predicted molar refractivity (Wildman–Crippen MR) is 165 cm³/mol. The number of hydrogen-bond donors (Lipinski definition) is 1. The van der Waals surface area contributed by atoms with Gasteiger partial charge in [-0.2, -0.15) is 0 Å². The molecule has 2 amide bonds. The Labute approximate surface area is 253 Å². The smallest absolute Gasteiger partial charge is 0.311 e. The number of esters is 1. The number of benzene rings is 1. The number of unbranched alkanes of at least 4 members (excludes halogenated alkanes) is 2. The molecule has 2 bridgehead atoms. The lowest BCUT2D eigenvalue weighted by molar-refractivity contribution is -0.156. The molecular weight excluding hydrogens is 560 g/mol. The molecule has 7 atom stereocenters. The summed E-state index contributed by atoms with van der Waals surface area (Å²) < 4.78 is 4.42. The second kappa shape index (κ2) is 12.9. The molecule has 1 aromatic carbocycles. The quantitative estimate of drug-likeness (QED) is 0.168. The van der Waals surface area contributed by atoms with Crippen LogP contribution in [0, 0.1) is 17.8 Å². The van der Waals surface area contributed by atoms with Crippen molar-refractivity contribution in [1.29, 1.82) is 0 Å². The van der Waals surface area contributed by atoms with Crippen LogP contribution in [-0.4, -0.2) is 69.1 Å². The minimum atomic E-state index is -0.875. The SMILES string of the molecule is C=CCCCCOC(=O)[C@@H]1[C@H]2C(=O)N([C@@H](CO)[C@@H](C)CC)C(C(=O)N(CC=C)c3ccccc3Cl)C23CC[C@@]1(C)S3. The van der Waals surface area contributed by atoms with E-state index in [9.17, 15) is 19.5 Å². The van der Waals surface area contributed by atoms with Gasteiger partial charge in [-0.25, -0.2) is 0 Å². The van der Waals surface area contributed by atoms with E-state index in [1.165, 1.54) is 0 Å². The molecule has 1 spiro atoms. The Kier molecular flexibility index (Phi) is 9.97. The van der Waals surface area contributed by atoms with Crippen LogP contribution in [0.15, 0.2) is 49.6 Å². The van der Waals surface area contributed by atoms with Crippen molar-refractivity contribution in [3.05, 3.63) is 54.6 Å². The summed E-state index contributed by atoms with van der Waals surface area (Å²) in [4.78, 5) is 46.2. The number of amides is 2. The van der Waals surface area contributed by atoms with E-state index in [-0.39, 0.29) is 43.5 Å². The van der Waals surface area contributed by atoms with Gasteiger partial charge in [-0.3, -0.25) is 14.4 Å². The number of rotatable bonds is 14. The van der Waals surface area contributed by atoms with E-state index in [1.54, 1.807) is 45.8 Å². The fraction of sp³-hybridized carbons (Fsp3) is 0.594. The number of allylic oxidation sites excluding steroid dienone is 1. The molecule has 7 nitrogen and oxygen atoms in total. The summed E-state index contributed by atoms with van der Waals surface area (Å²) in [5.74, 6) is -2.33. The van der Waals surface area contributed by atoms with E-state index in [2.05, 4.69) is 13.2 Å². The predicted octanol–water partition coefficient (Wildman–Crippen LogP) is 5.65. The Hall–Kier alpha value is -2.29. The Morgan fingerprint density at radius 1 is 1.27 bits per heavy atom. The summed E-state index contributed by atoms with van der Waals surface area (Å²) >= 11 is 8.16. The fourth-order valence-corrected chi connectivity index (χ4v) is 9.64. The van der Waals surface area contributed by atoms with Crippen LogP contribution in [0.4, 0.5) is 5.69 Å². The number of likely N-dealkylation sites (tertiary alicyclic amines) is 1. The van der Waals surface area contributed by atoms with Crippen molar-refractivity contribution >= 4 is 46.8 Å². The van der Waals surface area contributed by atoms with Crippen molar-refractivity contribution in [2.75, 3.05) is 24.7 Å². The number of carbonyl (C=O) groups excluding carboxylic acids is 3. The first-order chi connectivity index (χ1) is 19.6. The lowest BCUT2D eigenvalue weighted by Gasteiger charge is -2.41. The number of carbonyl (C=O) groups is 3.